The van der Waals surface area contributed by atoms with Gasteiger partial charge in [0.05, 0.1) is 17.9 Å². The average molecular weight is 401 g/mol. The van der Waals surface area contributed by atoms with Crippen LogP contribution in [0.25, 0.3) is 22.3 Å². The highest BCUT2D eigenvalue weighted by atomic mass is 16.6. The van der Waals surface area contributed by atoms with Crippen molar-refractivity contribution in [2.75, 3.05) is 13.1 Å². The summed E-state index contributed by atoms with van der Waals surface area (Å²) in [6.45, 7) is 6.72. The number of carbonyl (C=O) groups excluding carboxylic acids is 1. The zero-order chi connectivity index (χ0) is 20.8. The molecule has 3 N–H and O–H groups in total. The van der Waals surface area contributed by atoms with E-state index in [1.54, 1.807) is 11.1 Å². The third-order valence-corrected chi connectivity index (χ3v) is 4.83. The number of aromatic nitrogens is 6. The fourth-order valence-electron chi connectivity index (χ4n) is 3.47. The number of piperidine rings is 1. The molecule has 1 amide bonds. The molecule has 0 radical (unpaired) electrons. The molecule has 11 nitrogen and oxygen atoms in total. The monoisotopic (exact) mass is 401 g/mol. The summed E-state index contributed by atoms with van der Waals surface area (Å²) in [5.41, 5.74) is -0.236. The third-order valence-electron chi connectivity index (χ3n) is 4.83. The van der Waals surface area contributed by atoms with Crippen molar-refractivity contribution in [3.63, 3.8) is 0 Å². The van der Waals surface area contributed by atoms with Gasteiger partial charge in [0.25, 0.3) is 5.56 Å². The van der Waals surface area contributed by atoms with Crippen LogP contribution in [-0.4, -0.2) is 59.6 Å². The number of hydrogen-bond donors (Lipinski definition) is 3. The Balaban J connectivity index is 1.49. The molecule has 0 aliphatic carbocycles. The summed E-state index contributed by atoms with van der Waals surface area (Å²) in [7, 11) is 0. The van der Waals surface area contributed by atoms with Crippen molar-refractivity contribution in [1.29, 1.82) is 0 Å². The molecule has 4 rings (SSSR count). The number of nitrogens with zero attached hydrogens (tertiary/aromatic N) is 4. The molecule has 1 aliphatic rings. The molecular formula is C18H23N7O4. The van der Waals surface area contributed by atoms with Gasteiger partial charge in [0.15, 0.2) is 5.65 Å². The molecule has 1 fully saturated rings. The van der Waals surface area contributed by atoms with E-state index in [1.165, 1.54) is 0 Å². The van der Waals surface area contributed by atoms with E-state index in [1.807, 2.05) is 31.6 Å². The molecule has 0 aromatic carbocycles. The number of amides is 1. The second-order valence-corrected chi connectivity index (χ2v) is 8.14. The van der Waals surface area contributed by atoms with Gasteiger partial charge in [-0.1, -0.05) is 0 Å². The summed E-state index contributed by atoms with van der Waals surface area (Å²) in [4.78, 5) is 42.2. The van der Waals surface area contributed by atoms with Crippen LogP contribution in [0.3, 0.4) is 0 Å². The van der Waals surface area contributed by atoms with E-state index in [-0.39, 0.29) is 23.2 Å². The first-order chi connectivity index (χ1) is 13.7. The first-order valence-corrected chi connectivity index (χ1v) is 9.44. The van der Waals surface area contributed by atoms with Crippen LogP contribution in [0, 0.1) is 0 Å². The summed E-state index contributed by atoms with van der Waals surface area (Å²) in [5, 5.41) is 11.5. The largest absolute Gasteiger partial charge is 0.444 e. The number of H-pyrrole nitrogens is 3. The molecule has 4 heterocycles. The Morgan fingerprint density at radius 3 is 2.62 bits per heavy atom. The van der Waals surface area contributed by atoms with Crippen LogP contribution in [0.1, 0.15) is 39.7 Å². The Bertz CT molecular complexity index is 1160. The number of nitrogens with one attached hydrogen (secondary N) is 3. The molecule has 0 atom stereocenters. The Morgan fingerprint density at radius 2 is 1.93 bits per heavy atom. The van der Waals surface area contributed by atoms with Gasteiger partial charge in [-0.05, 0) is 33.6 Å². The maximum atomic E-state index is 12.2. The Morgan fingerprint density at radius 1 is 1.21 bits per heavy atom. The lowest BCUT2D eigenvalue weighted by Crippen LogP contribution is -2.42. The highest BCUT2D eigenvalue weighted by molar-refractivity contribution is 5.89. The number of likely N-dealkylation sites (tertiary alicyclic amines) is 1. The molecule has 3 aromatic rings. The Hall–Kier alpha value is -3.37. The van der Waals surface area contributed by atoms with Gasteiger partial charge in [-0.2, -0.15) is 10.2 Å². The summed E-state index contributed by atoms with van der Waals surface area (Å²) in [5.74, 6) is 0. The van der Waals surface area contributed by atoms with Gasteiger partial charge in [-0.15, -0.1) is 0 Å². The second kappa shape index (κ2) is 6.90. The quantitative estimate of drug-likeness (QED) is 0.592. The average Bonchev–Trinajstić information content (AvgIpc) is 3.27. The Labute approximate surface area is 165 Å². The molecule has 0 bridgehead atoms. The number of ether oxygens (including phenoxy) is 1. The predicted octanol–water partition coefficient (Wildman–Crippen LogP) is 1.37. The van der Waals surface area contributed by atoms with Gasteiger partial charge in [-0.3, -0.25) is 24.5 Å². The van der Waals surface area contributed by atoms with Crippen LogP contribution in [0.5, 0.6) is 0 Å². The molecule has 0 unspecified atom stereocenters. The lowest BCUT2D eigenvalue weighted by molar-refractivity contribution is 0.0185. The van der Waals surface area contributed by atoms with Crippen molar-refractivity contribution in [2.24, 2.45) is 0 Å². The predicted molar refractivity (Wildman–Crippen MR) is 105 cm³/mol. The first kappa shape index (κ1) is 19.0. The minimum absolute atomic E-state index is 0.134. The van der Waals surface area contributed by atoms with E-state index < -0.39 is 16.9 Å². The molecule has 11 heteroatoms. The normalized spacial score (nSPS) is 15.8. The van der Waals surface area contributed by atoms with Crippen molar-refractivity contribution >= 4 is 17.1 Å². The summed E-state index contributed by atoms with van der Waals surface area (Å²) < 4.78 is 7.27. The van der Waals surface area contributed by atoms with Crippen LogP contribution in [0.15, 0.2) is 22.0 Å². The lowest BCUT2D eigenvalue weighted by Gasteiger charge is -2.33. The van der Waals surface area contributed by atoms with Crippen LogP contribution in [-0.2, 0) is 4.74 Å². The van der Waals surface area contributed by atoms with Crippen molar-refractivity contribution in [3.05, 3.63) is 33.2 Å². The van der Waals surface area contributed by atoms with Crippen LogP contribution >= 0.6 is 0 Å². The Kier molecular flexibility index (Phi) is 4.52. The number of fused-ring (bicyclic) bond motifs is 1. The number of hydrogen-bond acceptors (Lipinski definition) is 6. The van der Waals surface area contributed by atoms with E-state index in [2.05, 4.69) is 25.3 Å². The van der Waals surface area contributed by atoms with Gasteiger partial charge < -0.3 is 9.64 Å². The lowest BCUT2D eigenvalue weighted by atomic mass is 10.1. The maximum absolute atomic E-state index is 12.2. The van der Waals surface area contributed by atoms with Gasteiger partial charge >= 0.3 is 11.8 Å². The number of rotatable bonds is 2. The van der Waals surface area contributed by atoms with Gasteiger partial charge in [-0.25, -0.2) is 9.59 Å². The van der Waals surface area contributed by atoms with Crippen LogP contribution < -0.4 is 11.2 Å². The smallest absolute Gasteiger partial charge is 0.410 e. The van der Waals surface area contributed by atoms with E-state index in [0.717, 1.165) is 12.8 Å². The van der Waals surface area contributed by atoms with Gasteiger partial charge in [0.2, 0.25) is 0 Å². The summed E-state index contributed by atoms with van der Waals surface area (Å²) >= 11 is 0. The van der Waals surface area contributed by atoms with Gasteiger partial charge in [0.1, 0.15) is 11.0 Å². The standard InChI is InChI=1S/C18H23N7O4/c1-18(2,3)29-17(28)24-6-4-11(5-7-24)25-9-10(8-19-25)13-12-14(23-22-13)20-16(27)21-15(12)26/h8-9,11H,4-7H2,1-3H3,(H3,20,21,22,23,26,27). The third kappa shape index (κ3) is 3.80. The van der Waals surface area contributed by atoms with Crippen molar-refractivity contribution in [1.82, 2.24) is 34.8 Å². The summed E-state index contributed by atoms with van der Waals surface area (Å²) in [6.07, 6.45) is 4.69. The fourth-order valence-corrected chi connectivity index (χ4v) is 3.47. The van der Waals surface area contributed by atoms with E-state index in [9.17, 15) is 14.4 Å². The van der Waals surface area contributed by atoms with E-state index in [4.69, 9.17) is 4.74 Å². The molecule has 1 saturated heterocycles. The molecule has 3 aromatic heterocycles. The first-order valence-electron chi connectivity index (χ1n) is 9.44. The zero-order valence-electron chi connectivity index (χ0n) is 16.5. The minimum atomic E-state index is -0.604. The molecule has 0 saturated carbocycles. The van der Waals surface area contributed by atoms with Crippen molar-refractivity contribution < 1.29 is 9.53 Å². The minimum Gasteiger partial charge on any atom is -0.444 e. The van der Waals surface area contributed by atoms with Gasteiger partial charge in [0, 0.05) is 24.8 Å². The topological polar surface area (TPSA) is 142 Å². The maximum Gasteiger partial charge on any atom is 0.410 e. The van der Waals surface area contributed by atoms with Crippen LogP contribution in [0.4, 0.5) is 4.79 Å². The van der Waals surface area contributed by atoms with Crippen LogP contribution in [0.2, 0.25) is 0 Å². The molecule has 0 spiro atoms. The highest BCUT2D eigenvalue weighted by Crippen LogP contribution is 2.27. The van der Waals surface area contributed by atoms with Crippen molar-refractivity contribution in [2.45, 2.75) is 45.3 Å². The highest BCUT2D eigenvalue weighted by Gasteiger charge is 2.28. The summed E-state index contributed by atoms with van der Waals surface area (Å²) in [6, 6.07) is 0.134. The SMILES string of the molecule is CC(C)(C)OC(=O)N1CCC(n2cc(-c3[nH]nc4[nH]c(=O)[nH]c(=O)c34)cn2)CC1. The number of carbonyl (C=O) groups is 1. The molecule has 29 heavy (non-hydrogen) atoms. The molecular weight excluding hydrogens is 378 g/mol. The van der Waals surface area contributed by atoms with E-state index >= 15 is 0 Å². The molecule has 154 valence electrons. The second-order valence-electron chi connectivity index (χ2n) is 8.14. The van der Waals surface area contributed by atoms with Crippen molar-refractivity contribution in [3.8, 4) is 11.3 Å². The zero-order valence-corrected chi connectivity index (χ0v) is 16.5. The number of aromatic amines is 3. The fraction of sp³-hybridized carbons (Fsp3) is 0.500. The molecule has 1 aliphatic heterocycles. The van der Waals surface area contributed by atoms with E-state index in [0.29, 0.717) is 24.3 Å².